The second kappa shape index (κ2) is 3.39. The number of fused-ring (bicyclic) bond motifs is 3. The smallest absolute Gasteiger partial charge is 0.268 e. The van der Waals surface area contributed by atoms with Crippen molar-refractivity contribution in [2.24, 2.45) is 28.0 Å². The summed E-state index contributed by atoms with van der Waals surface area (Å²) in [4.78, 5) is 12.2. The minimum absolute atomic E-state index is 0.130. The molecule has 0 radical (unpaired) electrons. The zero-order valence-corrected chi connectivity index (χ0v) is 10.2. The molecule has 3 atom stereocenters. The molecule has 0 spiro atoms. The number of hydrogen-bond acceptors (Lipinski definition) is 3. The molecule has 0 bridgehead atoms. The van der Waals surface area contributed by atoms with Gasteiger partial charge in [0.05, 0.1) is 11.3 Å². The molecule has 18 heavy (non-hydrogen) atoms. The van der Waals surface area contributed by atoms with Crippen molar-refractivity contribution in [3.63, 3.8) is 0 Å². The molecule has 4 aliphatic rings. The number of carbonyl (C=O) groups excluding carboxylic acids is 1. The van der Waals surface area contributed by atoms with E-state index in [0.29, 0.717) is 11.6 Å². The van der Waals surface area contributed by atoms with Crippen molar-refractivity contribution in [3.8, 4) is 0 Å². The summed E-state index contributed by atoms with van der Waals surface area (Å²) in [5.41, 5.74) is 1.02. The average Bonchev–Trinajstić information content (AvgIpc) is 2.81. The van der Waals surface area contributed by atoms with Crippen LogP contribution in [0, 0.1) is 17.8 Å². The fourth-order valence-corrected chi connectivity index (χ4v) is 3.53. The van der Waals surface area contributed by atoms with Crippen LogP contribution in [0.1, 0.15) is 32.1 Å². The molecule has 3 unspecified atom stereocenters. The van der Waals surface area contributed by atoms with Crippen molar-refractivity contribution in [1.29, 1.82) is 0 Å². The minimum Gasteiger partial charge on any atom is -0.343 e. The lowest BCUT2D eigenvalue weighted by molar-refractivity contribution is -0.118. The van der Waals surface area contributed by atoms with E-state index in [1.807, 2.05) is 0 Å². The van der Waals surface area contributed by atoms with Gasteiger partial charge in [0.15, 0.2) is 0 Å². The summed E-state index contributed by atoms with van der Waals surface area (Å²) in [6.07, 6.45) is 4.71. The Morgan fingerprint density at radius 2 is 2.22 bits per heavy atom. The molecule has 0 aromatic rings. The fourth-order valence-electron chi connectivity index (χ4n) is 3.53. The van der Waals surface area contributed by atoms with Gasteiger partial charge in [0.1, 0.15) is 12.4 Å². The van der Waals surface area contributed by atoms with Crippen LogP contribution in [-0.2, 0) is 4.79 Å². The zero-order valence-electron chi connectivity index (χ0n) is 10.2. The van der Waals surface area contributed by atoms with E-state index in [1.165, 1.54) is 6.42 Å². The molecule has 3 aliphatic carbocycles. The van der Waals surface area contributed by atoms with Gasteiger partial charge in [-0.2, -0.15) is 5.10 Å². The lowest BCUT2D eigenvalue weighted by Gasteiger charge is -2.40. The summed E-state index contributed by atoms with van der Waals surface area (Å²) >= 11 is 0. The molecule has 3 saturated carbocycles. The van der Waals surface area contributed by atoms with E-state index in [0.717, 1.165) is 37.3 Å². The van der Waals surface area contributed by atoms with Crippen LogP contribution in [0.2, 0.25) is 0 Å². The Morgan fingerprint density at radius 3 is 2.89 bits per heavy atom. The van der Waals surface area contributed by atoms with E-state index in [2.05, 4.69) is 15.5 Å². The summed E-state index contributed by atoms with van der Waals surface area (Å²) < 4.78 is 13.0. The van der Waals surface area contributed by atoms with Crippen molar-refractivity contribution in [2.45, 2.75) is 37.6 Å². The van der Waals surface area contributed by atoms with Gasteiger partial charge in [-0.1, -0.05) is 0 Å². The quantitative estimate of drug-likeness (QED) is 0.809. The Labute approximate surface area is 105 Å². The van der Waals surface area contributed by atoms with E-state index in [4.69, 9.17) is 0 Å². The normalized spacial score (nSPS) is 38.2. The molecule has 0 aromatic carbocycles. The topological polar surface area (TPSA) is 53.8 Å². The van der Waals surface area contributed by atoms with Crippen molar-refractivity contribution >= 4 is 17.3 Å². The van der Waals surface area contributed by atoms with E-state index in [9.17, 15) is 9.18 Å². The molecule has 0 aromatic heterocycles. The van der Waals surface area contributed by atoms with Gasteiger partial charge in [0, 0.05) is 11.8 Å². The third-order valence-corrected chi connectivity index (χ3v) is 4.98. The lowest BCUT2D eigenvalue weighted by atomic mass is 9.77. The Kier molecular flexibility index (Phi) is 2.01. The zero-order chi connectivity index (χ0) is 12.3. The molecular formula is C13H16FN3O. The van der Waals surface area contributed by atoms with Gasteiger partial charge in [0.25, 0.3) is 5.91 Å². The Balaban J connectivity index is 1.47. The number of nitrogens with zero attached hydrogens (tertiary/aromatic N) is 2. The van der Waals surface area contributed by atoms with E-state index in [-0.39, 0.29) is 11.8 Å². The Morgan fingerprint density at radius 1 is 1.39 bits per heavy atom. The summed E-state index contributed by atoms with van der Waals surface area (Å²) in [6, 6.07) is 0. The lowest BCUT2D eigenvalue weighted by Crippen LogP contribution is -2.57. The summed E-state index contributed by atoms with van der Waals surface area (Å²) in [5.74, 6) is 1.25. The highest BCUT2D eigenvalue weighted by atomic mass is 19.1. The van der Waals surface area contributed by atoms with Crippen molar-refractivity contribution in [2.75, 3.05) is 6.67 Å². The highest BCUT2D eigenvalue weighted by Crippen LogP contribution is 2.54. The summed E-state index contributed by atoms with van der Waals surface area (Å²) in [7, 11) is 0. The number of rotatable bonds is 3. The number of hydrogen-bond donors (Lipinski definition) is 1. The minimum atomic E-state index is -0.607. The average molecular weight is 249 g/mol. The highest BCUT2D eigenvalue weighted by Gasteiger charge is 2.55. The van der Waals surface area contributed by atoms with Gasteiger partial charge in [-0.05, 0) is 38.0 Å². The third kappa shape index (κ3) is 1.33. The monoisotopic (exact) mass is 249 g/mol. The molecule has 96 valence electrons. The molecule has 1 N–H and O–H groups in total. The second-order valence-corrected chi connectivity index (χ2v) is 6.12. The van der Waals surface area contributed by atoms with Crippen LogP contribution in [0.3, 0.4) is 0 Å². The van der Waals surface area contributed by atoms with Crippen LogP contribution in [0.25, 0.3) is 0 Å². The van der Waals surface area contributed by atoms with Crippen molar-refractivity contribution < 1.29 is 9.18 Å². The molecule has 4 rings (SSSR count). The number of amides is 1. The number of alkyl halides is 1. The number of halogens is 1. The van der Waals surface area contributed by atoms with Gasteiger partial charge in [-0.15, -0.1) is 5.10 Å². The van der Waals surface area contributed by atoms with E-state index >= 15 is 0 Å². The summed E-state index contributed by atoms with van der Waals surface area (Å²) in [6.45, 7) is -0.477. The molecule has 1 aliphatic heterocycles. The Bertz CT molecular complexity index is 475. The van der Waals surface area contributed by atoms with E-state index < -0.39 is 12.2 Å². The van der Waals surface area contributed by atoms with Crippen molar-refractivity contribution in [3.05, 3.63) is 0 Å². The first-order chi connectivity index (χ1) is 8.72. The Hall–Kier alpha value is -1.26. The molecule has 0 saturated heterocycles. The molecular weight excluding hydrogens is 233 g/mol. The molecule has 4 nitrogen and oxygen atoms in total. The van der Waals surface area contributed by atoms with E-state index in [1.54, 1.807) is 0 Å². The largest absolute Gasteiger partial charge is 0.343 e. The molecule has 1 amide bonds. The predicted molar refractivity (Wildman–Crippen MR) is 65.3 cm³/mol. The van der Waals surface area contributed by atoms with Gasteiger partial charge < -0.3 is 5.32 Å². The SMILES string of the molecule is O=C(NC1(CF)CCC1)C1=NN=C2C1CC1CC21. The van der Waals surface area contributed by atoms with Crippen LogP contribution in [-0.4, -0.2) is 29.5 Å². The second-order valence-electron chi connectivity index (χ2n) is 6.12. The number of carbonyl (C=O) groups is 1. The summed E-state index contributed by atoms with van der Waals surface area (Å²) in [5, 5.41) is 11.1. The van der Waals surface area contributed by atoms with Gasteiger partial charge >= 0.3 is 0 Å². The highest BCUT2D eigenvalue weighted by molar-refractivity contribution is 6.45. The maximum atomic E-state index is 13.0. The predicted octanol–water partition coefficient (Wildman–Crippen LogP) is 1.46. The van der Waals surface area contributed by atoms with Gasteiger partial charge in [-0.3, -0.25) is 4.79 Å². The van der Waals surface area contributed by atoms with Crippen LogP contribution in [0.15, 0.2) is 10.2 Å². The first-order valence-corrected chi connectivity index (χ1v) is 6.76. The molecule has 3 fully saturated rings. The molecule has 5 heteroatoms. The van der Waals surface area contributed by atoms with Gasteiger partial charge in [0.2, 0.25) is 0 Å². The van der Waals surface area contributed by atoms with Crippen LogP contribution < -0.4 is 5.32 Å². The van der Waals surface area contributed by atoms with Crippen LogP contribution >= 0.6 is 0 Å². The first kappa shape index (κ1) is 10.6. The fraction of sp³-hybridized carbons (Fsp3) is 0.769. The van der Waals surface area contributed by atoms with Crippen molar-refractivity contribution in [1.82, 2.24) is 5.32 Å². The number of nitrogens with one attached hydrogen (secondary N) is 1. The first-order valence-electron chi connectivity index (χ1n) is 6.76. The molecule has 1 heterocycles. The maximum absolute atomic E-state index is 13.0. The third-order valence-electron chi connectivity index (χ3n) is 4.98. The van der Waals surface area contributed by atoms with Crippen LogP contribution in [0.5, 0.6) is 0 Å². The standard InChI is InChI=1S/C13H16FN3O/c14-6-13(2-1-3-13)15-12(18)11-9-5-7-4-8(7)10(9)16-17-11/h7-9H,1-6H2,(H,15,18). The maximum Gasteiger partial charge on any atom is 0.268 e. The van der Waals surface area contributed by atoms with Gasteiger partial charge in [-0.25, -0.2) is 4.39 Å². The van der Waals surface area contributed by atoms with Crippen LogP contribution in [0.4, 0.5) is 4.39 Å².